The molecule has 8 heteroatoms. The van der Waals surface area contributed by atoms with Gasteiger partial charge in [0.25, 0.3) is 0 Å². The number of nitrogens with one attached hydrogen (secondary N) is 1. The minimum absolute atomic E-state index is 0.118. The molecule has 0 radical (unpaired) electrons. The SMILES string of the molecule is CC(CN)NS(=O)(=O)c1ccc(Cl)c(F)c1Cl. The molecule has 17 heavy (non-hydrogen) atoms. The van der Waals surface area contributed by atoms with E-state index in [4.69, 9.17) is 28.9 Å². The Labute approximate surface area is 109 Å². The number of rotatable bonds is 4. The molecule has 1 rings (SSSR count). The van der Waals surface area contributed by atoms with E-state index in [1.54, 1.807) is 6.92 Å². The van der Waals surface area contributed by atoms with Crippen LogP contribution in [-0.2, 0) is 10.0 Å². The third-order valence-electron chi connectivity index (χ3n) is 2.00. The Morgan fingerprint density at radius 3 is 2.59 bits per heavy atom. The van der Waals surface area contributed by atoms with E-state index in [0.717, 1.165) is 12.1 Å². The van der Waals surface area contributed by atoms with Crippen LogP contribution in [0.2, 0.25) is 10.0 Å². The van der Waals surface area contributed by atoms with E-state index in [-0.39, 0.29) is 16.5 Å². The highest BCUT2D eigenvalue weighted by Crippen LogP contribution is 2.29. The van der Waals surface area contributed by atoms with Crippen molar-refractivity contribution in [1.29, 1.82) is 0 Å². The lowest BCUT2D eigenvalue weighted by Crippen LogP contribution is -2.37. The van der Waals surface area contributed by atoms with E-state index < -0.39 is 26.9 Å². The van der Waals surface area contributed by atoms with Gasteiger partial charge in [-0.15, -0.1) is 0 Å². The Morgan fingerprint density at radius 2 is 2.06 bits per heavy atom. The van der Waals surface area contributed by atoms with Gasteiger partial charge in [0.15, 0.2) is 5.82 Å². The normalized spacial score (nSPS) is 13.7. The second-order valence-electron chi connectivity index (χ2n) is 3.43. The van der Waals surface area contributed by atoms with Crippen LogP contribution in [0.15, 0.2) is 17.0 Å². The fourth-order valence-corrected chi connectivity index (χ4v) is 3.09. The van der Waals surface area contributed by atoms with Crippen LogP contribution >= 0.6 is 23.2 Å². The van der Waals surface area contributed by atoms with Crippen LogP contribution in [0.4, 0.5) is 4.39 Å². The lowest BCUT2D eigenvalue weighted by atomic mass is 10.3. The number of hydrogen-bond acceptors (Lipinski definition) is 3. The van der Waals surface area contributed by atoms with Crippen molar-refractivity contribution in [2.45, 2.75) is 17.9 Å². The molecular weight excluding hydrogens is 290 g/mol. The number of benzene rings is 1. The Bertz CT molecular complexity index is 522. The Kier molecular flexibility index (Phi) is 4.74. The van der Waals surface area contributed by atoms with Crippen molar-refractivity contribution in [3.8, 4) is 0 Å². The Hall–Kier alpha value is -0.400. The van der Waals surface area contributed by atoms with Crippen LogP contribution in [0.5, 0.6) is 0 Å². The van der Waals surface area contributed by atoms with Crippen molar-refractivity contribution < 1.29 is 12.8 Å². The standard InChI is InChI=1S/C9H11Cl2FN2O2S/c1-5(4-13)14-17(15,16)7-3-2-6(10)9(12)8(7)11/h2-3,5,14H,4,13H2,1H3. The molecule has 0 bridgehead atoms. The maximum Gasteiger partial charge on any atom is 0.242 e. The highest BCUT2D eigenvalue weighted by atomic mass is 35.5. The van der Waals surface area contributed by atoms with Gasteiger partial charge in [-0.3, -0.25) is 0 Å². The summed E-state index contributed by atoms with van der Waals surface area (Å²) < 4.78 is 39.3. The van der Waals surface area contributed by atoms with Crippen molar-refractivity contribution in [3.63, 3.8) is 0 Å². The van der Waals surface area contributed by atoms with E-state index >= 15 is 0 Å². The fraction of sp³-hybridized carbons (Fsp3) is 0.333. The Morgan fingerprint density at radius 1 is 1.47 bits per heavy atom. The lowest BCUT2D eigenvalue weighted by Gasteiger charge is -2.13. The largest absolute Gasteiger partial charge is 0.329 e. The first-order chi connectivity index (χ1) is 7.79. The van der Waals surface area contributed by atoms with E-state index in [9.17, 15) is 12.8 Å². The number of nitrogens with two attached hydrogens (primary N) is 1. The molecule has 4 nitrogen and oxygen atoms in total. The quantitative estimate of drug-likeness (QED) is 0.832. The van der Waals surface area contributed by atoms with Gasteiger partial charge < -0.3 is 5.73 Å². The molecule has 0 amide bonds. The van der Waals surface area contributed by atoms with Crippen LogP contribution in [0.1, 0.15) is 6.92 Å². The third kappa shape index (κ3) is 3.29. The number of sulfonamides is 1. The first-order valence-electron chi connectivity index (χ1n) is 4.65. The zero-order valence-electron chi connectivity index (χ0n) is 8.88. The summed E-state index contributed by atoms with van der Waals surface area (Å²) in [7, 11) is -3.90. The molecule has 1 aromatic rings. The molecule has 0 aliphatic rings. The number of hydrogen-bond donors (Lipinski definition) is 2. The van der Waals surface area contributed by atoms with Crippen LogP contribution in [0, 0.1) is 5.82 Å². The van der Waals surface area contributed by atoms with Gasteiger partial charge in [-0.2, -0.15) is 0 Å². The molecule has 0 aromatic heterocycles. The van der Waals surface area contributed by atoms with Gasteiger partial charge in [0.2, 0.25) is 10.0 Å². The van der Waals surface area contributed by atoms with Crippen molar-refractivity contribution >= 4 is 33.2 Å². The molecule has 0 aliphatic carbocycles. The molecule has 1 unspecified atom stereocenters. The van der Waals surface area contributed by atoms with E-state index in [1.807, 2.05) is 0 Å². The average Bonchev–Trinajstić information content (AvgIpc) is 2.24. The van der Waals surface area contributed by atoms with Crippen molar-refractivity contribution in [2.75, 3.05) is 6.54 Å². The van der Waals surface area contributed by atoms with Crippen molar-refractivity contribution in [3.05, 3.63) is 28.0 Å². The molecule has 0 spiro atoms. The maximum absolute atomic E-state index is 13.4. The van der Waals surface area contributed by atoms with Gasteiger partial charge in [-0.05, 0) is 19.1 Å². The van der Waals surface area contributed by atoms with Crippen LogP contribution in [-0.4, -0.2) is 21.0 Å². The smallest absolute Gasteiger partial charge is 0.242 e. The third-order valence-corrected chi connectivity index (χ3v) is 4.40. The molecule has 0 heterocycles. The Balaban J connectivity index is 3.21. The summed E-state index contributed by atoms with van der Waals surface area (Å²) in [5, 5.41) is -0.768. The topological polar surface area (TPSA) is 72.2 Å². The van der Waals surface area contributed by atoms with Crippen molar-refractivity contribution in [1.82, 2.24) is 4.72 Å². The summed E-state index contributed by atoms with van der Waals surface area (Å²) in [6, 6.07) is 1.79. The summed E-state index contributed by atoms with van der Waals surface area (Å²) in [5.74, 6) is -0.961. The van der Waals surface area contributed by atoms with E-state index in [2.05, 4.69) is 4.72 Å². The fourth-order valence-electron chi connectivity index (χ4n) is 1.09. The van der Waals surface area contributed by atoms with Crippen LogP contribution < -0.4 is 10.5 Å². The second-order valence-corrected chi connectivity index (χ2v) is 5.90. The molecule has 96 valence electrons. The van der Waals surface area contributed by atoms with Crippen molar-refractivity contribution in [2.24, 2.45) is 5.73 Å². The predicted octanol–water partition coefficient (Wildman–Crippen LogP) is 1.76. The van der Waals surface area contributed by atoms with Gasteiger partial charge in [0, 0.05) is 12.6 Å². The first kappa shape index (κ1) is 14.7. The minimum Gasteiger partial charge on any atom is -0.329 e. The maximum atomic E-state index is 13.4. The van der Waals surface area contributed by atoms with E-state index in [1.165, 1.54) is 0 Å². The number of halogens is 3. The highest BCUT2D eigenvalue weighted by molar-refractivity contribution is 7.89. The zero-order chi connectivity index (χ0) is 13.2. The van der Waals surface area contributed by atoms with Gasteiger partial charge >= 0.3 is 0 Å². The molecule has 0 aliphatic heterocycles. The minimum atomic E-state index is -3.90. The summed E-state index contributed by atoms with van der Waals surface area (Å²) >= 11 is 11.1. The molecule has 1 atom stereocenters. The van der Waals surface area contributed by atoms with Gasteiger partial charge in [0.05, 0.1) is 10.0 Å². The molecule has 3 N–H and O–H groups in total. The first-order valence-corrected chi connectivity index (χ1v) is 6.89. The zero-order valence-corrected chi connectivity index (χ0v) is 11.2. The van der Waals surface area contributed by atoms with Crippen LogP contribution in [0.3, 0.4) is 0 Å². The summed E-state index contributed by atoms with van der Waals surface area (Å²) in [5.41, 5.74) is 5.29. The molecule has 0 fully saturated rings. The monoisotopic (exact) mass is 300 g/mol. The predicted molar refractivity (Wildman–Crippen MR) is 65.3 cm³/mol. The molecule has 0 saturated heterocycles. The molecule has 1 aromatic carbocycles. The lowest BCUT2D eigenvalue weighted by molar-refractivity contribution is 0.560. The molecule has 0 saturated carbocycles. The van der Waals surface area contributed by atoms with Gasteiger partial charge in [-0.25, -0.2) is 17.5 Å². The van der Waals surface area contributed by atoms with Crippen LogP contribution in [0.25, 0.3) is 0 Å². The average molecular weight is 301 g/mol. The highest BCUT2D eigenvalue weighted by Gasteiger charge is 2.23. The molecular formula is C9H11Cl2FN2O2S. The summed E-state index contributed by atoms with van der Waals surface area (Å²) in [6.45, 7) is 1.70. The second kappa shape index (κ2) is 5.49. The van der Waals surface area contributed by atoms with Gasteiger partial charge in [0.1, 0.15) is 4.90 Å². The van der Waals surface area contributed by atoms with Gasteiger partial charge in [-0.1, -0.05) is 23.2 Å². The van der Waals surface area contributed by atoms with E-state index in [0.29, 0.717) is 0 Å². The summed E-state index contributed by atoms with van der Waals surface area (Å²) in [4.78, 5) is -0.360. The summed E-state index contributed by atoms with van der Waals surface area (Å²) in [6.07, 6.45) is 0.